The maximum absolute atomic E-state index is 14.0. The zero-order chi connectivity index (χ0) is 20.5. The molecule has 2 N–H and O–H groups in total. The normalized spacial score (nSPS) is 19.5. The van der Waals surface area contributed by atoms with Crippen molar-refractivity contribution >= 4 is 21.8 Å². The van der Waals surface area contributed by atoms with Crippen LogP contribution in [0.25, 0.3) is 21.8 Å². The molecule has 0 unspecified atom stereocenters. The Morgan fingerprint density at radius 1 is 0.767 bits per heavy atom. The third-order valence-electron chi connectivity index (χ3n) is 6.67. The Morgan fingerprint density at radius 2 is 1.43 bits per heavy atom. The van der Waals surface area contributed by atoms with Crippen LogP contribution in [0.15, 0.2) is 66.7 Å². The third-order valence-corrected chi connectivity index (χ3v) is 6.67. The number of hydrogen-bond acceptors (Lipinski definition) is 0. The summed E-state index contributed by atoms with van der Waals surface area (Å²) in [6, 6.07) is 22.9. The summed E-state index contributed by atoms with van der Waals surface area (Å²) in [5.74, 6) is -0.0701. The molecule has 0 saturated carbocycles. The molecule has 1 aliphatic heterocycles. The summed E-state index contributed by atoms with van der Waals surface area (Å²) in [4.78, 5) is 3.12. The molecule has 4 heteroatoms. The highest BCUT2D eigenvalue weighted by atomic mass is 19.1. The first-order valence-corrected chi connectivity index (χ1v) is 11.1. The van der Waals surface area contributed by atoms with Crippen LogP contribution >= 0.6 is 0 Å². The van der Waals surface area contributed by atoms with Crippen molar-refractivity contribution in [2.45, 2.75) is 26.6 Å². The molecule has 0 aliphatic carbocycles. The first-order chi connectivity index (χ1) is 14.7. The zero-order valence-corrected chi connectivity index (χ0v) is 17.6. The Balaban J connectivity index is 1.29. The first kappa shape index (κ1) is 19.3. The van der Waals surface area contributed by atoms with Gasteiger partial charge in [-0.25, -0.2) is 4.39 Å². The van der Waals surface area contributed by atoms with Gasteiger partial charge in [0.15, 0.2) is 0 Å². The molecule has 154 valence electrons. The van der Waals surface area contributed by atoms with Gasteiger partial charge in [-0.15, -0.1) is 0 Å². The third kappa shape index (κ3) is 3.62. The molecule has 5 rings (SSSR count). The minimum absolute atomic E-state index is 0.0701. The number of nitrogens with zero attached hydrogens (tertiary/aromatic N) is 1. The number of para-hydroxylation sites is 1. The first-order valence-electron chi connectivity index (χ1n) is 11.1. The van der Waals surface area contributed by atoms with Gasteiger partial charge in [-0.3, -0.25) is 0 Å². The number of fused-ring (bicyclic) bond motifs is 3. The molecule has 3 nitrogen and oxygen atoms in total. The van der Waals surface area contributed by atoms with Crippen molar-refractivity contribution in [3.05, 3.63) is 83.7 Å². The Labute approximate surface area is 177 Å². The van der Waals surface area contributed by atoms with Crippen molar-refractivity contribution in [1.29, 1.82) is 0 Å². The molecule has 3 aromatic carbocycles. The number of hydrogen-bond donors (Lipinski definition) is 2. The molecule has 0 bridgehead atoms. The molecule has 30 heavy (non-hydrogen) atoms. The Kier molecular flexibility index (Phi) is 5.28. The van der Waals surface area contributed by atoms with Gasteiger partial charge in [-0.2, -0.15) is 0 Å². The van der Waals surface area contributed by atoms with Gasteiger partial charge in [0.05, 0.1) is 0 Å². The second-order valence-corrected chi connectivity index (χ2v) is 8.56. The number of rotatable bonds is 5. The summed E-state index contributed by atoms with van der Waals surface area (Å²) in [6.07, 6.45) is 0. The second kappa shape index (κ2) is 8.21. The van der Waals surface area contributed by atoms with E-state index in [9.17, 15) is 4.39 Å². The second-order valence-electron chi connectivity index (χ2n) is 8.56. The van der Waals surface area contributed by atoms with Crippen LogP contribution in [0.2, 0.25) is 0 Å². The summed E-state index contributed by atoms with van der Waals surface area (Å²) in [5.41, 5.74) is 4.91. The van der Waals surface area contributed by atoms with Crippen molar-refractivity contribution in [3.63, 3.8) is 0 Å². The fourth-order valence-electron chi connectivity index (χ4n) is 5.06. The molecule has 2 heterocycles. The van der Waals surface area contributed by atoms with Gasteiger partial charge in [0.25, 0.3) is 0 Å². The van der Waals surface area contributed by atoms with Crippen molar-refractivity contribution in [1.82, 2.24) is 4.57 Å². The lowest BCUT2D eigenvalue weighted by atomic mass is 10.1. The Morgan fingerprint density at radius 3 is 2.20 bits per heavy atom. The molecule has 4 aromatic rings. The summed E-state index contributed by atoms with van der Waals surface area (Å²) in [5, 5.41) is 2.72. The molecule has 1 saturated heterocycles. The van der Waals surface area contributed by atoms with E-state index in [4.69, 9.17) is 0 Å². The molecule has 1 aromatic heterocycles. The largest absolute Gasteiger partial charge is 0.341 e. The number of piperazine rings is 1. The van der Waals surface area contributed by atoms with Crippen LogP contribution in [0.4, 0.5) is 4.39 Å². The molecule has 0 amide bonds. The fourth-order valence-corrected chi connectivity index (χ4v) is 5.06. The average molecular weight is 404 g/mol. The predicted molar refractivity (Wildman–Crippen MR) is 120 cm³/mol. The predicted octanol–water partition coefficient (Wildman–Crippen LogP) is 2.44. The quantitative estimate of drug-likeness (QED) is 0.509. The average Bonchev–Trinajstić information content (AvgIpc) is 3.10. The van der Waals surface area contributed by atoms with E-state index in [1.54, 1.807) is 17.0 Å². The fraction of sp³-hybridized carbons (Fsp3) is 0.308. The summed E-state index contributed by atoms with van der Waals surface area (Å²) in [7, 11) is 0. The highest BCUT2D eigenvalue weighted by molar-refractivity contribution is 6.08. The summed E-state index contributed by atoms with van der Waals surface area (Å²) < 4.78 is 16.4. The topological polar surface area (TPSA) is 13.8 Å². The molecule has 0 spiro atoms. The van der Waals surface area contributed by atoms with Crippen molar-refractivity contribution in [2.24, 2.45) is 0 Å². The van der Waals surface area contributed by atoms with Gasteiger partial charge in [0.1, 0.15) is 45.1 Å². The summed E-state index contributed by atoms with van der Waals surface area (Å²) >= 11 is 0. The number of benzene rings is 3. The number of halogens is 1. The lowest BCUT2D eigenvalue weighted by molar-refractivity contribution is -1.02. The smallest absolute Gasteiger partial charge is 0.132 e. The molecule has 0 atom stereocenters. The van der Waals surface area contributed by atoms with Crippen LogP contribution < -0.4 is 9.80 Å². The van der Waals surface area contributed by atoms with Gasteiger partial charge in [-0.05, 0) is 31.2 Å². The van der Waals surface area contributed by atoms with Crippen molar-refractivity contribution in [3.8, 4) is 0 Å². The van der Waals surface area contributed by atoms with E-state index in [-0.39, 0.29) is 5.82 Å². The van der Waals surface area contributed by atoms with E-state index >= 15 is 0 Å². The molecule has 0 radical (unpaired) electrons. The number of quaternary nitrogens is 2. The van der Waals surface area contributed by atoms with Crippen LogP contribution in [-0.2, 0) is 19.6 Å². The zero-order valence-electron chi connectivity index (χ0n) is 17.6. The van der Waals surface area contributed by atoms with E-state index in [1.807, 2.05) is 12.1 Å². The SMILES string of the molecule is CCn1c2ccccc2c2cc(C[NH+]3CC[NH+](Cc4ccccc4F)CC3)ccc21. The van der Waals surface area contributed by atoms with Crippen LogP contribution in [0, 0.1) is 5.82 Å². The van der Waals surface area contributed by atoms with Gasteiger partial charge < -0.3 is 14.4 Å². The minimum Gasteiger partial charge on any atom is -0.341 e. The number of aryl methyl sites for hydroxylation is 1. The molecular formula is C26H30FN3+2. The minimum atomic E-state index is -0.0701. The van der Waals surface area contributed by atoms with Crippen molar-refractivity contribution < 1.29 is 14.2 Å². The molecular weight excluding hydrogens is 373 g/mol. The Hall–Kier alpha value is -2.69. The van der Waals surface area contributed by atoms with E-state index in [0.717, 1.165) is 51.4 Å². The van der Waals surface area contributed by atoms with E-state index in [2.05, 4.69) is 54.0 Å². The van der Waals surface area contributed by atoms with Gasteiger partial charge in [0, 0.05) is 39.5 Å². The highest BCUT2D eigenvalue weighted by Crippen LogP contribution is 2.29. The summed E-state index contributed by atoms with van der Waals surface area (Å²) in [6.45, 7) is 9.53. The Bertz CT molecular complexity index is 1170. The maximum atomic E-state index is 14.0. The standard InChI is InChI=1S/C26H28FN3/c1-2-30-25-10-6-4-8-22(25)23-17-20(11-12-26(23)30)18-28-13-15-29(16-14-28)19-21-7-3-5-9-24(21)27/h3-12,17H,2,13-16,18-19H2,1H3/p+2. The molecule has 1 fully saturated rings. The van der Waals surface area contributed by atoms with E-state index < -0.39 is 0 Å². The lowest BCUT2D eigenvalue weighted by Crippen LogP contribution is -3.27. The van der Waals surface area contributed by atoms with Gasteiger partial charge in [-0.1, -0.05) is 42.5 Å². The number of aromatic nitrogens is 1. The molecule has 1 aliphatic rings. The van der Waals surface area contributed by atoms with Crippen LogP contribution in [0.1, 0.15) is 18.1 Å². The van der Waals surface area contributed by atoms with Gasteiger partial charge in [0.2, 0.25) is 0 Å². The van der Waals surface area contributed by atoms with Crippen LogP contribution in [0.5, 0.6) is 0 Å². The van der Waals surface area contributed by atoms with E-state index in [1.165, 1.54) is 32.3 Å². The van der Waals surface area contributed by atoms with Crippen LogP contribution in [-0.4, -0.2) is 30.7 Å². The number of nitrogens with one attached hydrogen (secondary N) is 2. The monoisotopic (exact) mass is 403 g/mol. The van der Waals surface area contributed by atoms with Crippen molar-refractivity contribution in [2.75, 3.05) is 26.2 Å². The van der Waals surface area contributed by atoms with Gasteiger partial charge >= 0.3 is 0 Å². The lowest BCUT2D eigenvalue weighted by Gasteiger charge is -2.30. The highest BCUT2D eigenvalue weighted by Gasteiger charge is 2.24. The van der Waals surface area contributed by atoms with E-state index in [0.29, 0.717) is 0 Å². The van der Waals surface area contributed by atoms with Crippen LogP contribution in [0.3, 0.4) is 0 Å². The maximum Gasteiger partial charge on any atom is 0.132 e.